The summed E-state index contributed by atoms with van der Waals surface area (Å²) >= 11 is 0. The Bertz CT molecular complexity index is 445. The summed E-state index contributed by atoms with van der Waals surface area (Å²) in [6.45, 7) is 3.77. The van der Waals surface area contributed by atoms with Crippen molar-refractivity contribution in [1.29, 1.82) is 0 Å². The lowest BCUT2D eigenvalue weighted by atomic mass is 10.00. The molecule has 0 bridgehead atoms. The number of hydrogen-bond acceptors (Lipinski definition) is 4. The summed E-state index contributed by atoms with van der Waals surface area (Å²) in [5, 5.41) is 11.9. The third-order valence-corrected chi connectivity index (χ3v) is 3.01. The van der Waals surface area contributed by atoms with Gasteiger partial charge in [0.15, 0.2) is 11.5 Å². The summed E-state index contributed by atoms with van der Waals surface area (Å²) in [7, 11) is 3.17. The fraction of sp³-hybridized carbons (Fsp3) is 0.533. The number of aliphatic hydroxyl groups excluding tert-OH is 1. The first-order chi connectivity index (χ1) is 9.47. The van der Waals surface area contributed by atoms with Crippen LogP contribution >= 0.6 is 0 Å². The van der Waals surface area contributed by atoms with Crippen molar-refractivity contribution in [2.45, 2.75) is 26.4 Å². The molecule has 0 fully saturated rings. The summed E-state index contributed by atoms with van der Waals surface area (Å²) in [6, 6.07) is 5.62. The van der Waals surface area contributed by atoms with Gasteiger partial charge in [0.25, 0.3) is 0 Å². The fourth-order valence-electron chi connectivity index (χ4n) is 1.88. The fourth-order valence-corrected chi connectivity index (χ4v) is 1.88. The normalized spacial score (nSPS) is 13.4. The lowest BCUT2D eigenvalue weighted by Gasteiger charge is -2.14. The quantitative estimate of drug-likeness (QED) is 0.792. The Hall–Kier alpha value is -1.75. The van der Waals surface area contributed by atoms with Gasteiger partial charge in [0.2, 0.25) is 5.91 Å². The van der Waals surface area contributed by atoms with E-state index in [9.17, 15) is 4.79 Å². The van der Waals surface area contributed by atoms with Gasteiger partial charge in [-0.2, -0.15) is 0 Å². The van der Waals surface area contributed by atoms with Crippen molar-refractivity contribution in [3.05, 3.63) is 23.8 Å². The molecule has 2 N–H and O–H groups in total. The van der Waals surface area contributed by atoms with Gasteiger partial charge in [0, 0.05) is 12.5 Å². The van der Waals surface area contributed by atoms with E-state index >= 15 is 0 Å². The molecule has 0 saturated heterocycles. The number of nitrogens with one attached hydrogen (secondary N) is 1. The van der Waals surface area contributed by atoms with Crippen LogP contribution in [0.1, 0.15) is 19.4 Å². The molecular weight excluding hydrogens is 258 g/mol. The molecule has 2 atom stereocenters. The van der Waals surface area contributed by atoms with E-state index in [1.54, 1.807) is 21.1 Å². The van der Waals surface area contributed by atoms with Crippen molar-refractivity contribution in [2.75, 3.05) is 20.8 Å². The van der Waals surface area contributed by atoms with Crippen LogP contribution in [0.4, 0.5) is 0 Å². The standard InChI is InChI=1S/C15H23NO4/c1-10(15(18)16-9-11(2)17)7-12-5-6-13(19-3)14(8-12)20-4/h5-6,8,10-11,17H,7,9H2,1-4H3,(H,16,18). The van der Waals surface area contributed by atoms with Crippen molar-refractivity contribution in [3.8, 4) is 11.5 Å². The second-order valence-corrected chi connectivity index (χ2v) is 4.89. The Morgan fingerprint density at radius 1 is 1.25 bits per heavy atom. The molecule has 0 spiro atoms. The van der Waals surface area contributed by atoms with Crippen LogP contribution in [0.25, 0.3) is 0 Å². The average molecular weight is 281 g/mol. The molecule has 5 heteroatoms. The van der Waals surface area contributed by atoms with Gasteiger partial charge in [0.05, 0.1) is 20.3 Å². The highest BCUT2D eigenvalue weighted by molar-refractivity contribution is 5.78. The van der Waals surface area contributed by atoms with Gasteiger partial charge in [-0.3, -0.25) is 4.79 Å². The minimum Gasteiger partial charge on any atom is -0.493 e. The van der Waals surface area contributed by atoms with Crippen molar-refractivity contribution in [1.82, 2.24) is 5.32 Å². The average Bonchev–Trinajstić information content (AvgIpc) is 2.44. The van der Waals surface area contributed by atoms with Gasteiger partial charge in [-0.15, -0.1) is 0 Å². The van der Waals surface area contributed by atoms with Crippen LogP contribution in [0.15, 0.2) is 18.2 Å². The predicted molar refractivity (Wildman–Crippen MR) is 77.1 cm³/mol. The van der Waals surface area contributed by atoms with Crippen molar-refractivity contribution < 1.29 is 19.4 Å². The SMILES string of the molecule is COc1ccc(CC(C)C(=O)NCC(C)O)cc1OC. The van der Waals surface area contributed by atoms with E-state index in [4.69, 9.17) is 14.6 Å². The molecule has 0 radical (unpaired) electrons. The first-order valence-corrected chi connectivity index (χ1v) is 6.64. The Morgan fingerprint density at radius 3 is 2.45 bits per heavy atom. The molecule has 1 rings (SSSR count). The van der Waals surface area contributed by atoms with Crippen molar-refractivity contribution in [3.63, 3.8) is 0 Å². The second-order valence-electron chi connectivity index (χ2n) is 4.89. The number of carbonyl (C=O) groups excluding carboxylic acids is 1. The number of aliphatic hydroxyl groups is 1. The van der Waals surface area contributed by atoms with E-state index in [0.29, 0.717) is 17.9 Å². The summed E-state index contributed by atoms with van der Waals surface area (Å²) in [5.41, 5.74) is 1.00. The summed E-state index contributed by atoms with van der Waals surface area (Å²) in [5.74, 6) is 1.08. The number of amides is 1. The van der Waals surface area contributed by atoms with E-state index in [-0.39, 0.29) is 18.4 Å². The van der Waals surface area contributed by atoms with Crippen LogP contribution in [0, 0.1) is 5.92 Å². The predicted octanol–water partition coefficient (Wildman–Crippen LogP) is 1.38. The number of ether oxygens (including phenoxy) is 2. The van der Waals surface area contributed by atoms with Crippen LogP contribution in [0.3, 0.4) is 0 Å². The Balaban J connectivity index is 2.65. The lowest BCUT2D eigenvalue weighted by molar-refractivity contribution is -0.124. The molecule has 0 aliphatic carbocycles. The Kier molecular flexibility index (Phi) is 6.31. The smallest absolute Gasteiger partial charge is 0.223 e. The zero-order valence-corrected chi connectivity index (χ0v) is 12.5. The monoisotopic (exact) mass is 281 g/mol. The minimum atomic E-state index is -0.535. The molecule has 1 aromatic carbocycles. The van der Waals surface area contributed by atoms with Gasteiger partial charge in [-0.05, 0) is 31.0 Å². The highest BCUT2D eigenvalue weighted by Gasteiger charge is 2.15. The largest absolute Gasteiger partial charge is 0.493 e. The molecule has 0 heterocycles. The number of rotatable bonds is 7. The van der Waals surface area contributed by atoms with Crippen LogP contribution in [0.5, 0.6) is 11.5 Å². The molecular formula is C15H23NO4. The molecule has 1 aromatic rings. The molecule has 0 saturated carbocycles. The molecule has 2 unspecified atom stereocenters. The van der Waals surface area contributed by atoms with Crippen LogP contribution in [-0.4, -0.2) is 37.9 Å². The first-order valence-electron chi connectivity index (χ1n) is 6.64. The van der Waals surface area contributed by atoms with Gasteiger partial charge >= 0.3 is 0 Å². The molecule has 0 aliphatic heterocycles. The van der Waals surface area contributed by atoms with Crippen LogP contribution in [-0.2, 0) is 11.2 Å². The first kappa shape index (κ1) is 16.3. The maximum absolute atomic E-state index is 11.9. The second kappa shape index (κ2) is 7.75. The Morgan fingerprint density at radius 2 is 1.90 bits per heavy atom. The molecule has 1 amide bonds. The number of carbonyl (C=O) groups is 1. The van der Waals surface area contributed by atoms with Crippen molar-refractivity contribution >= 4 is 5.91 Å². The van der Waals surface area contributed by atoms with Gasteiger partial charge < -0.3 is 19.9 Å². The summed E-state index contributed by atoms with van der Waals surface area (Å²) in [4.78, 5) is 11.9. The Labute approximate surface area is 119 Å². The molecule has 20 heavy (non-hydrogen) atoms. The molecule has 0 aromatic heterocycles. The third-order valence-electron chi connectivity index (χ3n) is 3.01. The topological polar surface area (TPSA) is 67.8 Å². The van der Waals surface area contributed by atoms with Crippen molar-refractivity contribution in [2.24, 2.45) is 5.92 Å². The maximum Gasteiger partial charge on any atom is 0.223 e. The van der Waals surface area contributed by atoms with E-state index in [1.165, 1.54) is 0 Å². The zero-order valence-electron chi connectivity index (χ0n) is 12.5. The van der Waals surface area contributed by atoms with Gasteiger partial charge in [-0.1, -0.05) is 13.0 Å². The number of methoxy groups -OCH3 is 2. The summed E-state index contributed by atoms with van der Waals surface area (Å²) in [6.07, 6.45) is 0.0682. The van der Waals surface area contributed by atoms with Gasteiger partial charge in [-0.25, -0.2) is 0 Å². The lowest BCUT2D eigenvalue weighted by Crippen LogP contribution is -2.35. The van der Waals surface area contributed by atoms with Crippen LogP contribution in [0.2, 0.25) is 0 Å². The highest BCUT2D eigenvalue weighted by Crippen LogP contribution is 2.28. The molecule has 112 valence electrons. The number of benzene rings is 1. The number of hydrogen-bond donors (Lipinski definition) is 2. The minimum absolute atomic E-state index is 0.0688. The highest BCUT2D eigenvalue weighted by atomic mass is 16.5. The van der Waals surface area contributed by atoms with E-state index in [0.717, 1.165) is 5.56 Å². The van der Waals surface area contributed by atoms with Crippen LogP contribution < -0.4 is 14.8 Å². The van der Waals surface area contributed by atoms with Gasteiger partial charge in [0.1, 0.15) is 0 Å². The summed E-state index contributed by atoms with van der Waals surface area (Å²) < 4.78 is 10.4. The third kappa shape index (κ3) is 4.74. The van der Waals surface area contributed by atoms with E-state index in [2.05, 4.69) is 5.32 Å². The molecule has 5 nitrogen and oxygen atoms in total. The zero-order chi connectivity index (χ0) is 15.1. The maximum atomic E-state index is 11.9. The molecule has 0 aliphatic rings. The van der Waals surface area contributed by atoms with E-state index < -0.39 is 6.10 Å². The van der Waals surface area contributed by atoms with E-state index in [1.807, 2.05) is 25.1 Å².